The minimum absolute atomic E-state index is 0.00586. The maximum atomic E-state index is 14.5. The predicted octanol–water partition coefficient (Wildman–Crippen LogP) is 10.3. The van der Waals surface area contributed by atoms with Gasteiger partial charge in [0.1, 0.15) is 23.8 Å². The molecule has 1 saturated carbocycles. The molecule has 558 valence electrons. The molecule has 13 rings (SSSR count). The van der Waals surface area contributed by atoms with Crippen LogP contribution in [0.3, 0.4) is 0 Å². The van der Waals surface area contributed by atoms with Crippen molar-refractivity contribution in [2.75, 3.05) is 57.4 Å². The van der Waals surface area contributed by atoms with Gasteiger partial charge in [0.15, 0.2) is 40.8 Å². The molecule has 1 saturated heterocycles. The van der Waals surface area contributed by atoms with Gasteiger partial charge in [0.05, 0.1) is 82.3 Å². The monoisotopic (exact) mass is 1460 g/mol. The third kappa shape index (κ3) is 16.0. The second-order valence-corrected chi connectivity index (χ2v) is 28.9. The Hall–Kier alpha value is -11.2. The number of nitrogens with zero attached hydrogens (tertiary/aromatic N) is 7. The van der Waals surface area contributed by atoms with Crippen molar-refractivity contribution >= 4 is 69.9 Å². The van der Waals surface area contributed by atoms with E-state index in [1.807, 2.05) is 90.0 Å². The highest BCUT2D eigenvalue weighted by molar-refractivity contribution is 6.07. The maximum Gasteiger partial charge on any atom is 0.416 e. The highest BCUT2D eigenvalue weighted by atomic mass is 16.6. The molecule has 6 heterocycles. The molecule has 25 nitrogen and oxygen atoms in total. The Morgan fingerprint density at radius 3 is 2.09 bits per heavy atom. The van der Waals surface area contributed by atoms with E-state index >= 15 is 0 Å². The van der Waals surface area contributed by atoms with Crippen LogP contribution in [0.25, 0.3) is 28.1 Å². The van der Waals surface area contributed by atoms with E-state index in [1.54, 1.807) is 79.7 Å². The number of aliphatic hydroxyl groups is 1. The zero-order valence-electron chi connectivity index (χ0n) is 61.2. The fraction of sp³-hybridized carbons (Fsp3) is 0.402. The van der Waals surface area contributed by atoms with Crippen LogP contribution in [0.2, 0.25) is 0 Å². The van der Waals surface area contributed by atoms with Gasteiger partial charge >= 0.3 is 6.09 Å². The molecule has 6 amide bonds. The lowest BCUT2D eigenvalue weighted by Gasteiger charge is -2.31. The van der Waals surface area contributed by atoms with Gasteiger partial charge in [-0.2, -0.15) is 0 Å². The summed E-state index contributed by atoms with van der Waals surface area (Å²) < 4.78 is 37.1. The van der Waals surface area contributed by atoms with Crippen LogP contribution >= 0.6 is 0 Å². The molecule has 0 radical (unpaired) electrons. The summed E-state index contributed by atoms with van der Waals surface area (Å²) in [5.74, 6) is -1.79. The summed E-state index contributed by atoms with van der Waals surface area (Å²) in [5, 5.41) is 26.3. The first kappa shape index (κ1) is 74.1. The number of methoxy groups -OCH3 is 3. The van der Waals surface area contributed by atoms with Crippen LogP contribution in [0.4, 0.5) is 16.2 Å². The number of anilines is 2. The topological polar surface area (TPSA) is 297 Å². The van der Waals surface area contributed by atoms with Crippen molar-refractivity contribution in [1.82, 2.24) is 35.4 Å². The predicted molar refractivity (Wildman–Crippen MR) is 396 cm³/mol. The number of hydrogen-bond donors (Lipinski definition) is 3. The third-order valence-electron chi connectivity index (χ3n) is 21.5. The van der Waals surface area contributed by atoms with E-state index in [2.05, 4.69) is 20.9 Å². The second-order valence-electron chi connectivity index (χ2n) is 28.9. The molecule has 107 heavy (non-hydrogen) atoms. The molecule has 3 N–H and O–H groups in total. The lowest BCUT2D eigenvalue weighted by molar-refractivity contribution is -0.133. The van der Waals surface area contributed by atoms with E-state index in [-0.39, 0.29) is 141 Å². The number of carbonyl (C=O) groups is 9. The van der Waals surface area contributed by atoms with Crippen LogP contribution in [0.1, 0.15) is 140 Å². The van der Waals surface area contributed by atoms with E-state index in [9.17, 15) is 48.3 Å². The first-order chi connectivity index (χ1) is 51.6. The van der Waals surface area contributed by atoms with E-state index in [0.29, 0.717) is 65.4 Å². The Labute approximate surface area is 620 Å². The molecule has 1 spiro atoms. The highest BCUT2D eigenvalue weighted by Crippen LogP contribution is 2.57. The standard InChI is InChI=1S/C82H89N9O16/c1-48(2)62(38-58(93)43-83-73(95)29-25-57(92)26-30-74(96)89-44-54-13-8-9-14-60(54)75-76(87(4)86-85-75)61-15-10-11-16-65(61)89)77(97)84-49(3)68(94)35-50-17-19-51(20-18-50)46-107-81(101)91-66-41-72(70(104-7)40-64(66)79(99)90-47-82(31-32-82)42-67(90)80(91)100)106-34-12-33-105-71-37-53-21-24-56-36-55(52-22-27-59(102-5)28-23-52)45-88(56)78(98)63(53)39-69(71)103-6/h8-11,13-20,22-23,27-28,37,39-41,45,48-49,56,62,67,80,100H,12,21,24-26,29-36,38,42-44,46-47H2,1-7H3,(H,83,95)(H,84,97)/t49-,56+,62-,67-,80-/m0/s1. The smallest absolute Gasteiger partial charge is 0.416 e. The molecular formula is C82H89N9O16. The van der Waals surface area contributed by atoms with Crippen LogP contribution in [0.5, 0.6) is 28.7 Å². The van der Waals surface area contributed by atoms with E-state index in [0.717, 1.165) is 75.4 Å². The van der Waals surface area contributed by atoms with Crippen LogP contribution in [-0.2, 0) is 66.5 Å². The van der Waals surface area contributed by atoms with Gasteiger partial charge in [-0.15, -0.1) is 5.10 Å². The number of carbonyl (C=O) groups excluding carboxylic acids is 9. The second kappa shape index (κ2) is 31.9. The van der Waals surface area contributed by atoms with Crippen molar-refractivity contribution in [3.8, 4) is 51.3 Å². The number of Topliss-reactive ketones (excluding diaryl/α,β-unsaturated/α-hetero) is 3. The number of aliphatic hydroxyl groups excluding tert-OH is 1. The molecule has 6 aliphatic rings. The van der Waals surface area contributed by atoms with Gasteiger partial charge in [-0.25, -0.2) is 14.4 Å². The molecule has 5 aliphatic heterocycles. The number of benzene rings is 6. The molecule has 25 heteroatoms. The zero-order valence-corrected chi connectivity index (χ0v) is 61.2. The molecule has 2 fully saturated rings. The Morgan fingerprint density at radius 1 is 0.701 bits per heavy atom. The van der Waals surface area contributed by atoms with Crippen molar-refractivity contribution < 1.29 is 76.7 Å². The summed E-state index contributed by atoms with van der Waals surface area (Å²) in [6.07, 6.45) is 3.58. The number of ether oxygens (including phenoxy) is 6. The van der Waals surface area contributed by atoms with Crippen LogP contribution in [-0.4, -0.2) is 155 Å². The molecule has 1 aromatic heterocycles. The van der Waals surface area contributed by atoms with Crippen molar-refractivity contribution in [3.63, 3.8) is 0 Å². The number of ketones is 3. The molecule has 6 aromatic carbocycles. The number of aryl methyl sites for hydroxylation is 2. The van der Waals surface area contributed by atoms with E-state index in [1.165, 1.54) is 26.4 Å². The lowest BCUT2D eigenvalue weighted by atomic mass is 9.89. The maximum absolute atomic E-state index is 14.5. The Balaban J connectivity index is 0.570. The van der Waals surface area contributed by atoms with Gasteiger partial charge < -0.3 is 58.9 Å². The number of fused-ring (bicyclic) bond motifs is 9. The molecule has 5 atom stereocenters. The van der Waals surface area contributed by atoms with Crippen molar-refractivity contribution in [2.45, 2.75) is 142 Å². The summed E-state index contributed by atoms with van der Waals surface area (Å²) in [4.78, 5) is 130. The van der Waals surface area contributed by atoms with Gasteiger partial charge in [-0.1, -0.05) is 97.9 Å². The van der Waals surface area contributed by atoms with Gasteiger partial charge in [-0.3, -0.25) is 38.4 Å². The summed E-state index contributed by atoms with van der Waals surface area (Å²) in [6.45, 7) is 5.52. The van der Waals surface area contributed by atoms with Crippen molar-refractivity contribution in [1.29, 1.82) is 0 Å². The summed E-state index contributed by atoms with van der Waals surface area (Å²) >= 11 is 0. The van der Waals surface area contributed by atoms with Gasteiger partial charge in [-0.05, 0) is 127 Å². The number of amides is 6. The summed E-state index contributed by atoms with van der Waals surface area (Å²) in [6, 6.07) is 34.8. The fourth-order valence-corrected chi connectivity index (χ4v) is 15.1. The molecular weight excluding hydrogens is 1370 g/mol. The van der Waals surface area contributed by atoms with E-state index < -0.39 is 47.9 Å². The molecule has 0 bridgehead atoms. The average molecular weight is 1460 g/mol. The first-order valence-electron chi connectivity index (χ1n) is 36.5. The van der Waals surface area contributed by atoms with Gasteiger partial charge in [0.25, 0.3) is 11.8 Å². The fourth-order valence-electron chi connectivity index (χ4n) is 15.1. The Morgan fingerprint density at radius 2 is 1.38 bits per heavy atom. The third-order valence-corrected chi connectivity index (χ3v) is 21.5. The molecule has 0 unspecified atom stereocenters. The molecule has 7 aromatic rings. The average Bonchev–Trinajstić information content (AvgIpc) is 1.57. The quantitative estimate of drug-likeness (QED) is 0.0384. The van der Waals surface area contributed by atoms with Gasteiger partial charge in [0, 0.05) is 99.5 Å². The Bertz CT molecular complexity index is 4640. The minimum atomic E-state index is -1.48. The highest BCUT2D eigenvalue weighted by Gasteiger charge is 2.58. The van der Waals surface area contributed by atoms with Crippen LogP contribution in [0.15, 0.2) is 128 Å². The van der Waals surface area contributed by atoms with Crippen molar-refractivity contribution in [3.05, 3.63) is 166 Å². The number of para-hydroxylation sites is 1. The minimum Gasteiger partial charge on any atom is -0.497 e. The van der Waals surface area contributed by atoms with Gasteiger partial charge in [0.2, 0.25) is 17.7 Å². The van der Waals surface area contributed by atoms with Crippen LogP contribution < -0.4 is 44.1 Å². The largest absolute Gasteiger partial charge is 0.497 e. The summed E-state index contributed by atoms with van der Waals surface area (Å²) in [7, 11) is 6.41. The zero-order chi connectivity index (χ0) is 75.4. The number of rotatable bonds is 28. The van der Waals surface area contributed by atoms with Crippen molar-refractivity contribution in [2.24, 2.45) is 24.3 Å². The number of nitrogens with one attached hydrogen (secondary N) is 2. The van der Waals surface area contributed by atoms with Crippen LogP contribution in [0, 0.1) is 17.3 Å². The van der Waals surface area contributed by atoms with E-state index in [4.69, 9.17) is 28.4 Å². The summed E-state index contributed by atoms with van der Waals surface area (Å²) in [5.41, 5.74) is 9.42. The number of hydrogen-bond acceptors (Lipinski definition) is 18. The normalized spacial score (nSPS) is 17.7. The lowest BCUT2D eigenvalue weighted by Crippen LogP contribution is -2.50. The SMILES string of the molecule is COc1ccc(C2=CN3C(=O)c4cc(OC)c(OCCCOc5cc6c(cc5OC)C(=O)N5CC7(CC7)C[C@H]5[C@H](O)N6C(=O)OCc5ccc(CC(=O)[C@H](C)NC(=O)[C@@H](CC(=O)CNC(=O)CCC(=O)CCC(=O)N6Cc7ccccc7-c7nnn(C)c7-c7ccccc76)C(C)C)cc5)cc4CC[C@@H]3C2)cc1. The Kier molecular flexibility index (Phi) is 22.1. The molecule has 1 aliphatic carbocycles. The number of aromatic nitrogens is 3. The first-order valence-corrected chi connectivity index (χ1v) is 36.5.